The summed E-state index contributed by atoms with van der Waals surface area (Å²) in [5.41, 5.74) is 1.70. The summed E-state index contributed by atoms with van der Waals surface area (Å²) in [5, 5.41) is 13.7. The highest BCUT2D eigenvalue weighted by molar-refractivity contribution is 7.89. The molecule has 0 aliphatic rings. The van der Waals surface area contributed by atoms with E-state index in [1.54, 1.807) is 20.2 Å². The molecule has 0 bridgehead atoms. The fourth-order valence-electron chi connectivity index (χ4n) is 3.39. The Morgan fingerprint density at radius 3 is 2.48 bits per heavy atom. The van der Waals surface area contributed by atoms with Crippen LogP contribution >= 0.6 is 0 Å². The van der Waals surface area contributed by atoms with Crippen LogP contribution in [0.5, 0.6) is 0 Å². The van der Waals surface area contributed by atoms with Crippen LogP contribution in [0.15, 0.2) is 53.4 Å². The molecule has 0 saturated carbocycles. The molecule has 0 spiro atoms. The Morgan fingerprint density at radius 2 is 1.87 bits per heavy atom. The van der Waals surface area contributed by atoms with Crippen LogP contribution in [0.2, 0.25) is 6.82 Å². The second kappa shape index (κ2) is 11.2. The molecule has 31 heavy (non-hydrogen) atoms. The number of benzene rings is 2. The third-order valence-electron chi connectivity index (χ3n) is 5.37. The lowest BCUT2D eigenvalue weighted by Gasteiger charge is -2.29. The second-order valence-corrected chi connectivity index (χ2v) is 10.5. The van der Waals surface area contributed by atoms with E-state index in [2.05, 4.69) is 31.3 Å². The maximum atomic E-state index is 14.3. The van der Waals surface area contributed by atoms with Crippen LogP contribution in [0, 0.1) is 5.82 Å². The predicted molar refractivity (Wildman–Crippen MR) is 125 cm³/mol. The van der Waals surface area contributed by atoms with Crippen molar-refractivity contribution in [2.75, 3.05) is 20.1 Å². The monoisotopic (exact) mass is 447 g/mol. The second-order valence-electron chi connectivity index (χ2n) is 8.52. The lowest BCUT2D eigenvalue weighted by molar-refractivity contribution is 0.138. The van der Waals surface area contributed by atoms with Crippen LogP contribution in [-0.4, -0.2) is 56.9 Å². The lowest BCUT2D eigenvalue weighted by Crippen LogP contribution is -2.46. The summed E-state index contributed by atoms with van der Waals surface area (Å²) in [7, 11) is -0.987. The average Bonchev–Trinajstić information content (AvgIpc) is 2.72. The van der Waals surface area contributed by atoms with Gasteiger partial charge in [-0.15, -0.1) is 0 Å². The first kappa shape index (κ1) is 25.5. The molecule has 0 aliphatic heterocycles. The van der Waals surface area contributed by atoms with Gasteiger partial charge in [0.15, 0.2) is 0 Å². The molecule has 0 fully saturated rings. The number of aliphatic hydroxyl groups excluding tert-OH is 1. The molecule has 8 heteroatoms. The largest absolute Gasteiger partial charge is 0.390 e. The number of sulfonamides is 1. The molecule has 0 saturated heterocycles. The Balaban J connectivity index is 1.85. The molecule has 169 valence electrons. The average molecular weight is 447 g/mol. The first-order valence-electron chi connectivity index (χ1n) is 10.6. The van der Waals surface area contributed by atoms with E-state index in [4.69, 9.17) is 0 Å². The van der Waals surface area contributed by atoms with Crippen molar-refractivity contribution in [3.8, 4) is 0 Å². The van der Waals surface area contributed by atoms with Gasteiger partial charge in [0.25, 0.3) is 0 Å². The predicted octanol–water partition coefficient (Wildman–Crippen LogP) is 2.58. The van der Waals surface area contributed by atoms with E-state index in [1.165, 1.54) is 24.7 Å². The highest BCUT2D eigenvalue weighted by Gasteiger charge is 2.27. The molecule has 0 aliphatic carbocycles. The highest BCUT2D eigenvalue weighted by atomic mass is 32.2. The Bertz CT molecular complexity index is 939. The summed E-state index contributed by atoms with van der Waals surface area (Å²) in [6, 6.07) is 14.3. The number of rotatable bonds is 12. The molecule has 0 aromatic heterocycles. The number of aliphatic hydroxyl groups is 1. The zero-order chi connectivity index (χ0) is 23.1. The molecular weight excluding hydrogens is 414 g/mol. The van der Waals surface area contributed by atoms with Crippen molar-refractivity contribution in [3.05, 3.63) is 59.9 Å². The topological polar surface area (TPSA) is 69.6 Å². The van der Waals surface area contributed by atoms with Crippen LogP contribution in [-0.2, 0) is 16.4 Å². The van der Waals surface area contributed by atoms with Gasteiger partial charge in [-0.1, -0.05) is 48.7 Å². The van der Waals surface area contributed by atoms with Gasteiger partial charge in [0.1, 0.15) is 18.0 Å². The number of nitrogens with one attached hydrogen (secondary N) is 1. The number of halogens is 1. The number of hydrogen-bond acceptors (Lipinski definition) is 4. The molecule has 2 rings (SSSR count). The van der Waals surface area contributed by atoms with Crippen LogP contribution in [0.25, 0.3) is 0 Å². The van der Waals surface area contributed by atoms with Crippen molar-refractivity contribution in [1.82, 2.24) is 9.62 Å². The summed E-state index contributed by atoms with van der Waals surface area (Å²) < 4.78 is 40.7. The number of hydrogen-bond donors (Lipinski definition) is 2. The molecule has 2 aromatic carbocycles. The SMILES string of the molecule is C[B]c1ccc(S(=O)(=O)N(C)C[C@H](O)CNC(C)(C)CCCc2ccccc2)c(F)c1. The molecule has 2 N–H and O–H groups in total. The van der Waals surface area contributed by atoms with E-state index in [9.17, 15) is 17.9 Å². The lowest BCUT2D eigenvalue weighted by atomic mass is 9.73. The van der Waals surface area contributed by atoms with Gasteiger partial charge in [0.2, 0.25) is 10.0 Å². The van der Waals surface area contributed by atoms with E-state index in [0.717, 1.165) is 23.6 Å². The summed E-state index contributed by atoms with van der Waals surface area (Å²) in [6.07, 6.45) is 1.97. The van der Waals surface area contributed by atoms with Crippen LogP contribution in [0.3, 0.4) is 0 Å². The molecule has 0 unspecified atom stereocenters. The Kier molecular flexibility index (Phi) is 9.24. The van der Waals surface area contributed by atoms with Gasteiger partial charge in [0.05, 0.1) is 6.10 Å². The fraction of sp³-hybridized carbons (Fsp3) is 0.478. The molecule has 1 atom stereocenters. The number of β-amino-alcohol motifs (C(OH)–C–C–N with tert-alkyl or cyclic N) is 1. The fourth-order valence-corrected chi connectivity index (χ4v) is 4.64. The van der Waals surface area contributed by atoms with Crippen molar-refractivity contribution >= 4 is 22.8 Å². The van der Waals surface area contributed by atoms with Crippen molar-refractivity contribution in [2.45, 2.75) is 56.5 Å². The number of nitrogens with zero attached hydrogens (tertiary/aromatic N) is 1. The van der Waals surface area contributed by atoms with Crippen molar-refractivity contribution in [1.29, 1.82) is 0 Å². The van der Waals surface area contributed by atoms with Crippen LogP contribution in [0.4, 0.5) is 4.39 Å². The first-order valence-corrected chi connectivity index (χ1v) is 12.0. The zero-order valence-electron chi connectivity index (χ0n) is 18.8. The quantitative estimate of drug-likeness (QED) is 0.491. The highest BCUT2D eigenvalue weighted by Crippen LogP contribution is 2.18. The molecular formula is C23H33BFN2O3S. The standard InChI is InChI=1S/C23H33BFN2O3S/c1-23(2,14-8-11-18-9-6-5-7-10-18)26-16-20(28)17-27(4)31(29,30)22-13-12-19(24-3)15-21(22)25/h5-7,9-10,12-13,15,20,26,28H,8,11,14,16-17H2,1-4H3/t20-/m1/s1. The first-order chi connectivity index (χ1) is 14.5. The van der Waals surface area contributed by atoms with E-state index in [-0.39, 0.29) is 23.5 Å². The van der Waals surface area contributed by atoms with Crippen LogP contribution in [0.1, 0.15) is 32.3 Å². The smallest absolute Gasteiger partial charge is 0.245 e. The van der Waals surface area contributed by atoms with E-state index in [1.807, 2.05) is 18.2 Å². The van der Waals surface area contributed by atoms with Crippen LogP contribution < -0.4 is 10.8 Å². The van der Waals surface area contributed by atoms with Crippen molar-refractivity contribution in [3.63, 3.8) is 0 Å². The molecule has 1 radical (unpaired) electrons. The van der Waals surface area contributed by atoms with E-state index >= 15 is 0 Å². The Morgan fingerprint density at radius 1 is 1.19 bits per heavy atom. The Labute approximate surface area is 187 Å². The van der Waals surface area contributed by atoms with Crippen molar-refractivity contribution < 1.29 is 17.9 Å². The Hall–Kier alpha value is -1.74. The summed E-state index contributed by atoms with van der Waals surface area (Å²) in [4.78, 5) is -0.387. The number of aryl methyl sites for hydroxylation is 1. The summed E-state index contributed by atoms with van der Waals surface area (Å²) in [6.45, 7) is 5.99. The third kappa shape index (κ3) is 7.72. The maximum Gasteiger partial charge on any atom is 0.245 e. The van der Waals surface area contributed by atoms with Gasteiger partial charge in [-0.3, -0.25) is 0 Å². The summed E-state index contributed by atoms with van der Waals surface area (Å²) in [5.74, 6) is -0.797. The van der Waals surface area contributed by atoms with Gasteiger partial charge in [0, 0.05) is 25.7 Å². The minimum absolute atomic E-state index is 0.128. The third-order valence-corrected chi connectivity index (χ3v) is 7.23. The molecule has 0 amide bonds. The zero-order valence-corrected chi connectivity index (χ0v) is 19.6. The van der Waals surface area contributed by atoms with Gasteiger partial charge in [-0.25, -0.2) is 12.8 Å². The molecule has 0 heterocycles. The maximum absolute atomic E-state index is 14.3. The van der Waals surface area contributed by atoms with Crippen molar-refractivity contribution in [2.24, 2.45) is 0 Å². The van der Waals surface area contributed by atoms with Gasteiger partial charge in [-0.2, -0.15) is 4.31 Å². The minimum atomic E-state index is -4.03. The summed E-state index contributed by atoms with van der Waals surface area (Å²) >= 11 is 0. The van der Waals surface area contributed by atoms with Gasteiger partial charge in [-0.05, 0) is 50.8 Å². The minimum Gasteiger partial charge on any atom is -0.390 e. The molecule has 2 aromatic rings. The van der Waals surface area contributed by atoms with Gasteiger partial charge < -0.3 is 10.4 Å². The van der Waals surface area contributed by atoms with E-state index in [0.29, 0.717) is 5.46 Å². The van der Waals surface area contributed by atoms with E-state index < -0.39 is 21.9 Å². The number of likely N-dealkylation sites (N-methyl/N-ethyl adjacent to an activating group) is 1. The van der Waals surface area contributed by atoms with Gasteiger partial charge >= 0.3 is 0 Å². The normalized spacial score (nSPS) is 13.4. The molecule has 5 nitrogen and oxygen atoms in total.